The highest BCUT2D eigenvalue weighted by atomic mass is 16.5. The first kappa shape index (κ1) is 15.3. The molecule has 0 aliphatic rings. The number of hydrogen-bond donors (Lipinski definition) is 1. The lowest BCUT2D eigenvalue weighted by atomic mass is 10.1. The maximum absolute atomic E-state index is 5.31. The van der Waals surface area contributed by atoms with Crippen LogP contribution in [-0.4, -0.2) is 19.2 Å². The van der Waals surface area contributed by atoms with E-state index in [0.29, 0.717) is 0 Å². The highest BCUT2D eigenvalue weighted by molar-refractivity contribution is 5.42. The van der Waals surface area contributed by atoms with Gasteiger partial charge in [-0.1, -0.05) is 19.1 Å². The highest BCUT2D eigenvalue weighted by Crippen LogP contribution is 2.27. The van der Waals surface area contributed by atoms with Crippen molar-refractivity contribution in [3.8, 4) is 11.5 Å². The highest BCUT2D eigenvalue weighted by Gasteiger charge is 2.05. The molecule has 1 heterocycles. The van der Waals surface area contributed by atoms with E-state index in [1.54, 1.807) is 14.2 Å². The van der Waals surface area contributed by atoms with Crippen molar-refractivity contribution in [2.24, 2.45) is 0 Å². The topological polar surface area (TPSA) is 43.4 Å². The van der Waals surface area contributed by atoms with Crippen LogP contribution in [0, 0.1) is 0 Å². The van der Waals surface area contributed by atoms with E-state index < -0.39 is 0 Å². The van der Waals surface area contributed by atoms with E-state index >= 15 is 0 Å². The van der Waals surface area contributed by atoms with E-state index in [1.807, 2.05) is 30.5 Å². The minimum absolute atomic E-state index is 0.749. The molecule has 1 N–H and O–H groups in total. The standard InChI is InChI=1S/C17H22N2O2/c1-4-14-6-5-9-19-15(14)12-18-11-13-7-8-16(20-2)17(10-13)21-3/h5-10,18H,4,11-12H2,1-3H3. The van der Waals surface area contributed by atoms with Crippen LogP contribution < -0.4 is 14.8 Å². The zero-order chi connectivity index (χ0) is 15.1. The SMILES string of the molecule is CCc1cccnc1CNCc1ccc(OC)c(OC)c1. The van der Waals surface area contributed by atoms with Crippen molar-refractivity contribution in [3.05, 3.63) is 53.3 Å². The van der Waals surface area contributed by atoms with E-state index in [-0.39, 0.29) is 0 Å². The van der Waals surface area contributed by atoms with Gasteiger partial charge in [-0.3, -0.25) is 4.98 Å². The van der Waals surface area contributed by atoms with Crippen LogP contribution in [0.2, 0.25) is 0 Å². The summed E-state index contributed by atoms with van der Waals surface area (Å²) in [5, 5.41) is 3.42. The Morgan fingerprint density at radius 1 is 1.05 bits per heavy atom. The number of aryl methyl sites for hydroxylation is 1. The summed E-state index contributed by atoms with van der Waals surface area (Å²) in [5.74, 6) is 1.50. The fourth-order valence-corrected chi connectivity index (χ4v) is 2.27. The summed E-state index contributed by atoms with van der Waals surface area (Å²) in [7, 11) is 3.29. The number of aromatic nitrogens is 1. The van der Waals surface area contributed by atoms with Gasteiger partial charge in [-0.15, -0.1) is 0 Å². The monoisotopic (exact) mass is 286 g/mol. The molecular weight excluding hydrogens is 264 g/mol. The summed E-state index contributed by atoms with van der Waals surface area (Å²) < 4.78 is 10.6. The molecule has 0 amide bonds. The molecular formula is C17H22N2O2. The Morgan fingerprint density at radius 3 is 2.57 bits per heavy atom. The molecule has 0 bridgehead atoms. The molecule has 0 aliphatic heterocycles. The van der Waals surface area contributed by atoms with Crippen LogP contribution in [0.1, 0.15) is 23.7 Å². The van der Waals surface area contributed by atoms with E-state index in [0.717, 1.165) is 42.3 Å². The summed E-state index contributed by atoms with van der Waals surface area (Å²) in [6.07, 6.45) is 2.84. The maximum Gasteiger partial charge on any atom is 0.161 e. The molecule has 1 aromatic carbocycles. The van der Waals surface area contributed by atoms with Crippen molar-refractivity contribution >= 4 is 0 Å². The molecule has 0 atom stereocenters. The second-order valence-electron chi connectivity index (χ2n) is 4.76. The van der Waals surface area contributed by atoms with Gasteiger partial charge in [0, 0.05) is 19.3 Å². The molecule has 4 heteroatoms. The average molecular weight is 286 g/mol. The lowest BCUT2D eigenvalue weighted by molar-refractivity contribution is 0.354. The number of ether oxygens (including phenoxy) is 2. The van der Waals surface area contributed by atoms with Crippen LogP contribution in [0.15, 0.2) is 36.5 Å². The Hall–Kier alpha value is -2.07. The largest absolute Gasteiger partial charge is 0.493 e. The van der Waals surface area contributed by atoms with Gasteiger partial charge in [0.05, 0.1) is 19.9 Å². The van der Waals surface area contributed by atoms with Crippen LogP contribution in [0.4, 0.5) is 0 Å². The first-order valence-electron chi connectivity index (χ1n) is 7.12. The normalized spacial score (nSPS) is 10.4. The van der Waals surface area contributed by atoms with Crippen LogP contribution in [0.3, 0.4) is 0 Å². The van der Waals surface area contributed by atoms with E-state index in [2.05, 4.69) is 23.3 Å². The van der Waals surface area contributed by atoms with Gasteiger partial charge in [-0.05, 0) is 35.7 Å². The number of pyridine rings is 1. The van der Waals surface area contributed by atoms with Crippen LogP contribution in [0.5, 0.6) is 11.5 Å². The Labute approximate surface area is 126 Å². The number of benzene rings is 1. The summed E-state index contributed by atoms with van der Waals surface area (Å²) in [6.45, 7) is 3.67. The molecule has 1 aromatic heterocycles. The van der Waals surface area contributed by atoms with E-state index in [9.17, 15) is 0 Å². The molecule has 0 spiro atoms. The third kappa shape index (κ3) is 3.95. The molecule has 0 fully saturated rings. The number of methoxy groups -OCH3 is 2. The lowest BCUT2D eigenvalue weighted by Crippen LogP contribution is -2.15. The van der Waals surface area contributed by atoms with Crippen LogP contribution in [0.25, 0.3) is 0 Å². The summed E-state index contributed by atoms with van der Waals surface area (Å²) in [4.78, 5) is 4.43. The molecule has 2 rings (SSSR count). The van der Waals surface area contributed by atoms with Gasteiger partial charge in [0.15, 0.2) is 11.5 Å². The second kappa shape index (κ2) is 7.64. The zero-order valence-electron chi connectivity index (χ0n) is 12.8. The van der Waals surface area contributed by atoms with Gasteiger partial charge in [0.2, 0.25) is 0 Å². The Kier molecular flexibility index (Phi) is 5.58. The zero-order valence-corrected chi connectivity index (χ0v) is 12.8. The summed E-state index contributed by atoms with van der Waals surface area (Å²) in [6, 6.07) is 10.1. The van der Waals surface area contributed by atoms with Gasteiger partial charge in [-0.2, -0.15) is 0 Å². The smallest absolute Gasteiger partial charge is 0.161 e. The van der Waals surface area contributed by atoms with Crippen molar-refractivity contribution < 1.29 is 9.47 Å². The van der Waals surface area contributed by atoms with Gasteiger partial charge in [0.1, 0.15) is 0 Å². The van der Waals surface area contributed by atoms with Gasteiger partial charge < -0.3 is 14.8 Å². The number of nitrogens with one attached hydrogen (secondary N) is 1. The quantitative estimate of drug-likeness (QED) is 0.850. The Bertz CT molecular complexity index is 585. The molecule has 0 radical (unpaired) electrons. The minimum atomic E-state index is 0.749. The van der Waals surface area contributed by atoms with E-state index in [1.165, 1.54) is 5.56 Å². The first-order chi connectivity index (χ1) is 10.3. The predicted molar refractivity (Wildman–Crippen MR) is 83.7 cm³/mol. The molecule has 2 aromatic rings. The second-order valence-corrected chi connectivity index (χ2v) is 4.76. The van der Waals surface area contributed by atoms with E-state index in [4.69, 9.17) is 9.47 Å². The molecule has 112 valence electrons. The van der Waals surface area contributed by atoms with Gasteiger partial charge in [-0.25, -0.2) is 0 Å². The number of rotatable bonds is 7. The molecule has 21 heavy (non-hydrogen) atoms. The third-order valence-electron chi connectivity index (χ3n) is 3.43. The predicted octanol–water partition coefficient (Wildman–Crippen LogP) is 2.95. The van der Waals surface area contributed by atoms with Crippen LogP contribution in [-0.2, 0) is 19.5 Å². The molecule has 0 aliphatic carbocycles. The van der Waals surface area contributed by atoms with Crippen molar-refractivity contribution in [2.45, 2.75) is 26.4 Å². The summed E-state index contributed by atoms with van der Waals surface area (Å²) in [5.41, 5.74) is 3.56. The maximum atomic E-state index is 5.31. The summed E-state index contributed by atoms with van der Waals surface area (Å²) >= 11 is 0. The fraction of sp³-hybridized carbons (Fsp3) is 0.353. The first-order valence-corrected chi connectivity index (χ1v) is 7.12. The minimum Gasteiger partial charge on any atom is -0.493 e. The van der Waals surface area contributed by atoms with Crippen molar-refractivity contribution in [1.29, 1.82) is 0 Å². The van der Waals surface area contributed by atoms with Crippen molar-refractivity contribution in [1.82, 2.24) is 10.3 Å². The van der Waals surface area contributed by atoms with Gasteiger partial charge in [0.25, 0.3) is 0 Å². The number of hydrogen-bond acceptors (Lipinski definition) is 4. The molecule has 0 unspecified atom stereocenters. The van der Waals surface area contributed by atoms with Crippen LogP contribution >= 0.6 is 0 Å². The average Bonchev–Trinajstić information content (AvgIpc) is 2.55. The molecule has 4 nitrogen and oxygen atoms in total. The van der Waals surface area contributed by atoms with Crippen molar-refractivity contribution in [2.75, 3.05) is 14.2 Å². The molecule has 0 saturated carbocycles. The number of nitrogens with zero attached hydrogens (tertiary/aromatic N) is 1. The lowest BCUT2D eigenvalue weighted by Gasteiger charge is -2.11. The van der Waals surface area contributed by atoms with Crippen molar-refractivity contribution in [3.63, 3.8) is 0 Å². The Balaban J connectivity index is 1.97. The third-order valence-corrected chi connectivity index (χ3v) is 3.43. The molecule has 0 saturated heterocycles. The fourth-order valence-electron chi connectivity index (χ4n) is 2.27. The van der Waals surface area contributed by atoms with Gasteiger partial charge >= 0.3 is 0 Å². The Morgan fingerprint density at radius 2 is 1.86 bits per heavy atom.